The van der Waals surface area contributed by atoms with Crippen molar-refractivity contribution in [2.24, 2.45) is 10.7 Å². The van der Waals surface area contributed by atoms with Crippen molar-refractivity contribution in [2.75, 3.05) is 32.1 Å². The van der Waals surface area contributed by atoms with E-state index in [-0.39, 0.29) is 18.0 Å². The molecular formula is C28H31N7O3. The molecule has 3 aromatic rings. The molecule has 0 atom stereocenters. The fourth-order valence-electron chi connectivity index (χ4n) is 4.07. The number of anilines is 1. The van der Waals surface area contributed by atoms with E-state index in [4.69, 9.17) is 10.5 Å². The van der Waals surface area contributed by atoms with Gasteiger partial charge in [-0.25, -0.2) is 9.78 Å². The van der Waals surface area contributed by atoms with Crippen LogP contribution in [0.25, 0.3) is 5.57 Å². The second-order valence-corrected chi connectivity index (χ2v) is 8.72. The Morgan fingerprint density at radius 2 is 1.95 bits per heavy atom. The number of hydrogen-bond acceptors (Lipinski definition) is 6. The fourth-order valence-corrected chi connectivity index (χ4v) is 4.07. The van der Waals surface area contributed by atoms with Gasteiger partial charge in [0.05, 0.1) is 6.61 Å². The zero-order valence-corrected chi connectivity index (χ0v) is 21.5. The molecule has 0 bridgehead atoms. The summed E-state index contributed by atoms with van der Waals surface area (Å²) in [4.78, 5) is 41.1. The van der Waals surface area contributed by atoms with Crippen LogP contribution in [-0.2, 0) is 11.3 Å². The molecular weight excluding hydrogens is 482 g/mol. The SMILES string of the molecule is CCOC(=O)N1CC=C(c2cccnc2N=C(N)Nc2ccc(C(=O)N(C)Cc3cccnc3)cc2)CC1. The molecule has 3 N–H and O–H groups in total. The van der Waals surface area contributed by atoms with Crippen LogP contribution in [0.5, 0.6) is 0 Å². The summed E-state index contributed by atoms with van der Waals surface area (Å²) < 4.78 is 5.09. The summed E-state index contributed by atoms with van der Waals surface area (Å²) in [6.07, 6.45) is 7.44. The predicted molar refractivity (Wildman–Crippen MR) is 147 cm³/mol. The third-order valence-corrected chi connectivity index (χ3v) is 5.99. The molecule has 0 saturated carbocycles. The number of amides is 2. The predicted octanol–water partition coefficient (Wildman–Crippen LogP) is 4.05. The van der Waals surface area contributed by atoms with E-state index in [0.717, 1.165) is 16.7 Å². The Morgan fingerprint density at radius 3 is 2.63 bits per heavy atom. The number of nitrogens with one attached hydrogen (secondary N) is 1. The number of carbonyl (C=O) groups excluding carboxylic acids is 2. The van der Waals surface area contributed by atoms with E-state index < -0.39 is 0 Å². The van der Waals surface area contributed by atoms with Crippen LogP contribution in [0.3, 0.4) is 0 Å². The number of nitrogens with zero attached hydrogens (tertiary/aromatic N) is 5. The van der Waals surface area contributed by atoms with Gasteiger partial charge in [-0.2, -0.15) is 4.99 Å². The molecule has 1 aromatic carbocycles. The zero-order chi connectivity index (χ0) is 26.9. The standard InChI is InChI=1S/C28H31N7O3/c1-3-38-28(37)35-16-12-21(13-17-35)24-7-5-15-31-25(24)33-27(29)32-23-10-8-22(9-11-23)26(36)34(2)19-20-6-4-14-30-18-20/h4-12,14-15,18H,3,13,16-17,19H2,1-2H3,(H3,29,31,32,33). The molecule has 2 aromatic heterocycles. The number of aliphatic imine (C=N–C) groups is 1. The van der Waals surface area contributed by atoms with Gasteiger partial charge in [-0.15, -0.1) is 0 Å². The molecule has 196 valence electrons. The Bertz CT molecular complexity index is 1320. The van der Waals surface area contributed by atoms with Crippen molar-refractivity contribution in [3.05, 3.63) is 89.9 Å². The molecule has 3 heterocycles. The van der Waals surface area contributed by atoms with Crippen LogP contribution in [0.15, 0.2) is 78.2 Å². The van der Waals surface area contributed by atoms with Gasteiger partial charge in [0.25, 0.3) is 5.91 Å². The molecule has 10 heteroatoms. The molecule has 0 unspecified atom stereocenters. The average molecular weight is 514 g/mol. The monoisotopic (exact) mass is 513 g/mol. The number of carbonyl (C=O) groups is 2. The second kappa shape index (κ2) is 12.5. The van der Waals surface area contributed by atoms with Crippen molar-refractivity contribution in [1.82, 2.24) is 19.8 Å². The maximum atomic E-state index is 12.8. The quantitative estimate of drug-likeness (QED) is 0.360. The molecule has 38 heavy (non-hydrogen) atoms. The van der Waals surface area contributed by atoms with E-state index in [2.05, 4.69) is 20.3 Å². The lowest BCUT2D eigenvalue weighted by Crippen LogP contribution is -2.35. The summed E-state index contributed by atoms with van der Waals surface area (Å²) in [6.45, 7) is 3.62. The van der Waals surface area contributed by atoms with Crippen molar-refractivity contribution in [3.63, 3.8) is 0 Å². The van der Waals surface area contributed by atoms with Crippen LogP contribution >= 0.6 is 0 Å². The molecule has 0 fully saturated rings. The van der Waals surface area contributed by atoms with Crippen LogP contribution in [0, 0.1) is 0 Å². The lowest BCUT2D eigenvalue weighted by molar-refractivity contribution is 0.0785. The van der Waals surface area contributed by atoms with Gasteiger partial charge in [0.15, 0.2) is 11.8 Å². The minimum Gasteiger partial charge on any atom is -0.450 e. The lowest BCUT2D eigenvalue weighted by atomic mass is 10.0. The number of rotatable bonds is 7. The summed E-state index contributed by atoms with van der Waals surface area (Å²) in [5.41, 5.74) is 10.3. The number of hydrogen-bond donors (Lipinski definition) is 2. The van der Waals surface area contributed by atoms with Gasteiger partial charge in [0.1, 0.15) is 0 Å². The minimum absolute atomic E-state index is 0.0950. The molecule has 0 spiro atoms. The van der Waals surface area contributed by atoms with Crippen molar-refractivity contribution >= 4 is 35.0 Å². The van der Waals surface area contributed by atoms with Gasteiger partial charge in [-0.1, -0.05) is 12.1 Å². The highest BCUT2D eigenvalue weighted by molar-refractivity contribution is 5.97. The molecule has 2 amide bonds. The topological polar surface area (TPSA) is 126 Å². The number of guanidine groups is 1. The maximum Gasteiger partial charge on any atom is 0.410 e. The first-order valence-electron chi connectivity index (χ1n) is 12.4. The van der Waals surface area contributed by atoms with E-state index in [1.165, 1.54) is 0 Å². The Labute approximate surface area is 221 Å². The highest BCUT2D eigenvalue weighted by atomic mass is 16.6. The van der Waals surface area contributed by atoms with Gasteiger partial charge in [-0.3, -0.25) is 9.78 Å². The maximum absolute atomic E-state index is 12.8. The molecule has 1 aliphatic rings. The van der Waals surface area contributed by atoms with Crippen LogP contribution in [-0.4, -0.2) is 64.5 Å². The zero-order valence-electron chi connectivity index (χ0n) is 21.5. The van der Waals surface area contributed by atoms with Crippen LogP contribution in [0.1, 0.15) is 34.8 Å². The summed E-state index contributed by atoms with van der Waals surface area (Å²) in [5.74, 6) is 0.557. The van der Waals surface area contributed by atoms with Crippen molar-refractivity contribution in [2.45, 2.75) is 19.9 Å². The van der Waals surface area contributed by atoms with Gasteiger partial charge in [0.2, 0.25) is 0 Å². The van der Waals surface area contributed by atoms with E-state index >= 15 is 0 Å². The molecule has 0 aliphatic carbocycles. The highest BCUT2D eigenvalue weighted by Crippen LogP contribution is 2.29. The Morgan fingerprint density at radius 1 is 1.16 bits per heavy atom. The number of aromatic nitrogens is 2. The first-order chi connectivity index (χ1) is 18.4. The Kier molecular flexibility index (Phi) is 8.65. The van der Waals surface area contributed by atoms with Gasteiger partial charge >= 0.3 is 6.09 Å². The molecule has 1 aliphatic heterocycles. The highest BCUT2D eigenvalue weighted by Gasteiger charge is 2.20. The van der Waals surface area contributed by atoms with E-state index in [9.17, 15) is 9.59 Å². The number of ether oxygens (including phenoxy) is 1. The average Bonchev–Trinajstić information content (AvgIpc) is 2.94. The molecule has 4 rings (SSSR count). The van der Waals surface area contributed by atoms with Crippen LogP contribution in [0.4, 0.5) is 16.3 Å². The first kappa shape index (κ1) is 26.3. The summed E-state index contributed by atoms with van der Waals surface area (Å²) in [7, 11) is 1.76. The van der Waals surface area contributed by atoms with Gasteiger partial charge < -0.3 is 25.6 Å². The van der Waals surface area contributed by atoms with E-state index in [0.29, 0.717) is 49.7 Å². The third kappa shape index (κ3) is 6.73. The van der Waals surface area contributed by atoms with Gasteiger partial charge in [-0.05, 0) is 66.9 Å². The Balaban J connectivity index is 1.40. The molecule has 10 nitrogen and oxygen atoms in total. The largest absolute Gasteiger partial charge is 0.450 e. The fraction of sp³-hybridized carbons (Fsp3) is 0.250. The number of benzene rings is 1. The van der Waals surface area contributed by atoms with E-state index in [1.54, 1.807) is 66.6 Å². The number of nitrogens with two attached hydrogens (primary N) is 1. The van der Waals surface area contributed by atoms with E-state index in [1.807, 2.05) is 30.3 Å². The number of pyridine rings is 2. The summed E-state index contributed by atoms with van der Waals surface area (Å²) >= 11 is 0. The van der Waals surface area contributed by atoms with Crippen LogP contribution in [0.2, 0.25) is 0 Å². The smallest absolute Gasteiger partial charge is 0.410 e. The van der Waals surface area contributed by atoms with Crippen molar-refractivity contribution in [1.29, 1.82) is 0 Å². The second-order valence-electron chi connectivity index (χ2n) is 8.72. The minimum atomic E-state index is -0.312. The third-order valence-electron chi connectivity index (χ3n) is 5.99. The lowest BCUT2D eigenvalue weighted by Gasteiger charge is -2.26. The van der Waals surface area contributed by atoms with Crippen molar-refractivity contribution in [3.8, 4) is 0 Å². The first-order valence-corrected chi connectivity index (χ1v) is 12.4. The van der Waals surface area contributed by atoms with Gasteiger partial charge in [0, 0.05) is 62.1 Å². The summed E-state index contributed by atoms with van der Waals surface area (Å²) in [5, 5.41) is 3.06. The molecule has 0 radical (unpaired) electrons. The normalized spacial score (nSPS) is 13.5. The Hall–Kier alpha value is -4.73. The van der Waals surface area contributed by atoms with Crippen LogP contribution < -0.4 is 11.1 Å². The summed E-state index contributed by atoms with van der Waals surface area (Å²) in [6, 6.07) is 14.6. The molecule has 0 saturated heterocycles. The van der Waals surface area contributed by atoms with Crippen molar-refractivity contribution < 1.29 is 14.3 Å².